The Morgan fingerprint density at radius 3 is 2.00 bits per heavy atom. The molecule has 0 amide bonds. The molecule has 0 aliphatic heterocycles. The van der Waals surface area contributed by atoms with Crippen molar-refractivity contribution in [3.8, 4) is 11.3 Å². The molecule has 0 radical (unpaired) electrons. The Kier molecular flexibility index (Phi) is 4.23. The van der Waals surface area contributed by atoms with Gasteiger partial charge in [0.25, 0.3) is 0 Å². The van der Waals surface area contributed by atoms with Crippen LogP contribution in [-0.2, 0) is 23.1 Å². The molecule has 2 aromatic rings. The van der Waals surface area contributed by atoms with E-state index in [9.17, 15) is 21.6 Å². The lowest BCUT2D eigenvalue weighted by Gasteiger charge is -2.12. The standard InChI is InChI=1S/C12H9Cl2F3N2O2S/c1-19-9(5-10(18-19)22(2,20)21)11-7(13)3-6(4-8(11)14)12(15,16)17/h3-5H,1-2H3. The van der Waals surface area contributed by atoms with Gasteiger partial charge in [-0.25, -0.2) is 8.42 Å². The molecule has 0 saturated carbocycles. The maximum atomic E-state index is 12.7. The van der Waals surface area contributed by atoms with E-state index >= 15 is 0 Å². The van der Waals surface area contributed by atoms with Gasteiger partial charge in [-0.05, 0) is 12.1 Å². The number of hydrogen-bond donors (Lipinski definition) is 0. The van der Waals surface area contributed by atoms with Crippen molar-refractivity contribution in [3.63, 3.8) is 0 Å². The number of sulfone groups is 1. The summed E-state index contributed by atoms with van der Waals surface area (Å²) in [4.78, 5) is 0. The minimum Gasteiger partial charge on any atom is -0.267 e. The third-order valence-corrected chi connectivity index (χ3v) is 4.42. The Labute approximate surface area is 134 Å². The van der Waals surface area contributed by atoms with Gasteiger partial charge in [0, 0.05) is 24.9 Å². The summed E-state index contributed by atoms with van der Waals surface area (Å²) >= 11 is 11.8. The van der Waals surface area contributed by atoms with Crippen LogP contribution in [0.1, 0.15) is 5.56 Å². The number of halogens is 5. The van der Waals surface area contributed by atoms with Crippen LogP contribution >= 0.6 is 23.2 Å². The molecule has 10 heteroatoms. The molecule has 1 aromatic carbocycles. The van der Waals surface area contributed by atoms with Crippen molar-refractivity contribution in [2.75, 3.05) is 6.26 Å². The molecule has 0 aliphatic carbocycles. The Balaban J connectivity index is 2.67. The third kappa shape index (κ3) is 3.23. The van der Waals surface area contributed by atoms with Gasteiger partial charge >= 0.3 is 6.18 Å². The Morgan fingerprint density at radius 1 is 1.14 bits per heavy atom. The summed E-state index contributed by atoms with van der Waals surface area (Å²) in [6, 6.07) is 2.67. The van der Waals surface area contributed by atoms with Gasteiger partial charge in [0.2, 0.25) is 0 Å². The molecule has 0 bridgehead atoms. The molecule has 0 N–H and O–H groups in total. The number of aryl methyl sites for hydroxylation is 1. The van der Waals surface area contributed by atoms with Gasteiger partial charge in [0.15, 0.2) is 14.9 Å². The quantitative estimate of drug-likeness (QED) is 0.805. The normalized spacial score (nSPS) is 12.7. The van der Waals surface area contributed by atoms with Crippen molar-refractivity contribution in [3.05, 3.63) is 33.8 Å². The Morgan fingerprint density at radius 2 is 1.64 bits per heavy atom. The first-order valence-corrected chi connectivity index (χ1v) is 8.36. The van der Waals surface area contributed by atoms with Crippen LogP contribution in [0.15, 0.2) is 23.2 Å². The molecule has 0 spiro atoms. The van der Waals surface area contributed by atoms with Gasteiger partial charge in [-0.2, -0.15) is 18.3 Å². The second-order valence-electron chi connectivity index (χ2n) is 4.58. The average Bonchev–Trinajstić information content (AvgIpc) is 2.69. The van der Waals surface area contributed by atoms with E-state index in [-0.39, 0.29) is 26.3 Å². The first-order valence-electron chi connectivity index (χ1n) is 5.72. The maximum Gasteiger partial charge on any atom is 0.416 e. The third-order valence-electron chi connectivity index (χ3n) is 2.86. The van der Waals surface area contributed by atoms with Crippen molar-refractivity contribution in [1.82, 2.24) is 9.78 Å². The minimum atomic E-state index is -4.59. The van der Waals surface area contributed by atoms with Gasteiger partial charge in [-0.1, -0.05) is 23.2 Å². The van der Waals surface area contributed by atoms with E-state index < -0.39 is 21.6 Å². The van der Waals surface area contributed by atoms with Crippen LogP contribution < -0.4 is 0 Å². The van der Waals surface area contributed by atoms with Crippen LogP contribution in [0.5, 0.6) is 0 Å². The van der Waals surface area contributed by atoms with E-state index in [4.69, 9.17) is 23.2 Å². The van der Waals surface area contributed by atoms with Crippen LogP contribution in [0.25, 0.3) is 11.3 Å². The highest BCUT2D eigenvalue weighted by atomic mass is 35.5. The largest absolute Gasteiger partial charge is 0.416 e. The smallest absolute Gasteiger partial charge is 0.267 e. The van der Waals surface area contributed by atoms with Gasteiger partial charge in [-0.3, -0.25) is 4.68 Å². The molecule has 4 nitrogen and oxygen atoms in total. The zero-order chi connectivity index (χ0) is 16.9. The number of alkyl halides is 3. The number of nitrogens with zero attached hydrogens (tertiary/aromatic N) is 2. The molecule has 22 heavy (non-hydrogen) atoms. The molecule has 0 atom stereocenters. The Bertz CT molecular complexity index is 822. The van der Waals surface area contributed by atoms with Gasteiger partial charge in [0.1, 0.15) is 0 Å². The van der Waals surface area contributed by atoms with Crippen molar-refractivity contribution in [1.29, 1.82) is 0 Å². The zero-order valence-electron chi connectivity index (χ0n) is 11.2. The van der Waals surface area contributed by atoms with E-state index in [1.165, 1.54) is 17.8 Å². The SMILES string of the molecule is Cn1nc(S(C)(=O)=O)cc1-c1c(Cl)cc(C(F)(F)F)cc1Cl. The average molecular weight is 373 g/mol. The highest BCUT2D eigenvalue weighted by Crippen LogP contribution is 2.40. The van der Waals surface area contributed by atoms with Crippen molar-refractivity contribution < 1.29 is 21.6 Å². The molecule has 1 heterocycles. The fourth-order valence-electron chi connectivity index (χ4n) is 1.84. The van der Waals surface area contributed by atoms with Crippen LogP contribution in [0.3, 0.4) is 0 Å². The van der Waals surface area contributed by atoms with E-state index in [0.717, 1.165) is 18.4 Å². The predicted molar refractivity (Wildman–Crippen MR) is 76.8 cm³/mol. The highest BCUT2D eigenvalue weighted by Gasteiger charge is 2.32. The lowest BCUT2D eigenvalue weighted by molar-refractivity contribution is -0.137. The number of hydrogen-bond acceptors (Lipinski definition) is 3. The molecular weight excluding hydrogens is 364 g/mol. The molecule has 0 saturated heterocycles. The lowest BCUT2D eigenvalue weighted by Crippen LogP contribution is -2.05. The molecule has 0 aliphatic rings. The monoisotopic (exact) mass is 372 g/mol. The predicted octanol–water partition coefficient (Wildman–Crippen LogP) is 3.82. The molecule has 0 unspecified atom stereocenters. The first kappa shape index (κ1) is 17.1. The summed E-state index contributed by atoms with van der Waals surface area (Å²) in [6.45, 7) is 0. The molecule has 0 fully saturated rings. The molecule has 1 aromatic heterocycles. The van der Waals surface area contributed by atoms with Crippen molar-refractivity contribution in [2.24, 2.45) is 7.05 Å². The molecular formula is C12H9Cl2F3N2O2S. The number of rotatable bonds is 2. The summed E-state index contributed by atoms with van der Waals surface area (Å²) in [7, 11) is -2.13. The number of benzene rings is 1. The lowest BCUT2D eigenvalue weighted by atomic mass is 10.1. The molecule has 2 rings (SSSR count). The minimum absolute atomic E-state index is 0.0845. The summed E-state index contributed by atoms with van der Waals surface area (Å²) in [5, 5.41) is 3.08. The van der Waals surface area contributed by atoms with Crippen molar-refractivity contribution >= 4 is 33.0 Å². The van der Waals surface area contributed by atoms with Gasteiger partial charge < -0.3 is 0 Å². The summed E-state index contributed by atoms with van der Waals surface area (Å²) in [5.74, 6) is 0. The second kappa shape index (κ2) is 5.43. The van der Waals surface area contributed by atoms with E-state index in [1.54, 1.807) is 0 Å². The maximum absolute atomic E-state index is 12.7. The summed E-state index contributed by atoms with van der Waals surface area (Å²) < 4.78 is 62.3. The Hall–Kier alpha value is -1.25. The van der Waals surface area contributed by atoms with Crippen LogP contribution in [-0.4, -0.2) is 24.5 Å². The van der Waals surface area contributed by atoms with Crippen molar-refractivity contribution in [2.45, 2.75) is 11.2 Å². The fourth-order valence-corrected chi connectivity index (χ4v) is 3.11. The van der Waals surface area contributed by atoms with Gasteiger partial charge in [0.05, 0.1) is 21.3 Å². The van der Waals surface area contributed by atoms with Crippen LogP contribution in [0.4, 0.5) is 13.2 Å². The molecule has 120 valence electrons. The van der Waals surface area contributed by atoms with E-state index in [1.807, 2.05) is 0 Å². The van der Waals surface area contributed by atoms with E-state index in [2.05, 4.69) is 5.10 Å². The summed E-state index contributed by atoms with van der Waals surface area (Å²) in [5.41, 5.74) is -0.706. The zero-order valence-corrected chi connectivity index (χ0v) is 13.6. The topological polar surface area (TPSA) is 52.0 Å². The van der Waals surface area contributed by atoms with E-state index in [0.29, 0.717) is 0 Å². The summed E-state index contributed by atoms with van der Waals surface area (Å²) in [6.07, 6.45) is -3.62. The first-order chi connectivity index (χ1) is 9.91. The fraction of sp³-hybridized carbons (Fsp3) is 0.250. The number of aromatic nitrogens is 2. The van der Waals surface area contributed by atoms with Crippen LogP contribution in [0.2, 0.25) is 10.0 Å². The highest BCUT2D eigenvalue weighted by molar-refractivity contribution is 7.90. The second-order valence-corrected chi connectivity index (χ2v) is 7.35. The van der Waals surface area contributed by atoms with Crippen LogP contribution in [0, 0.1) is 0 Å². The van der Waals surface area contributed by atoms with Gasteiger partial charge in [-0.15, -0.1) is 0 Å².